The number of hydrogen-bond donors (Lipinski definition) is 2. The number of halogens is 1. The molecular weight excluding hydrogens is 158 g/mol. The van der Waals surface area contributed by atoms with Crippen molar-refractivity contribution in [2.75, 3.05) is 19.8 Å². The van der Waals surface area contributed by atoms with Crippen molar-refractivity contribution < 1.29 is 14.6 Å². The summed E-state index contributed by atoms with van der Waals surface area (Å²) in [6, 6.07) is 0. The summed E-state index contributed by atoms with van der Waals surface area (Å²) in [6.07, 6.45) is 0.716. The van der Waals surface area contributed by atoms with E-state index in [1.807, 2.05) is 0 Å². The van der Waals surface area contributed by atoms with Crippen LogP contribution in [0.4, 0.5) is 0 Å². The first-order valence-electron chi connectivity index (χ1n) is 2.77. The lowest BCUT2D eigenvalue weighted by molar-refractivity contribution is -0.142. The monoisotopic (exact) mass is 169 g/mol. The number of hydrogen-bond acceptors (Lipinski definition) is 3. The smallest absolute Gasteiger partial charge is 0.329 e. The number of nitrogens with two attached hydrogens (primary N) is 1. The van der Waals surface area contributed by atoms with Crippen LogP contribution in [0.2, 0.25) is 0 Å². The second-order valence-corrected chi connectivity index (χ2v) is 1.59. The normalized spacial score (nSPS) is 8.50. The summed E-state index contributed by atoms with van der Waals surface area (Å²) in [5.74, 6) is -0.938. The Morgan fingerprint density at radius 2 is 2.20 bits per heavy atom. The van der Waals surface area contributed by atoms with Crippen molar-refractivity contribution in [3.8, 4) is 0 Å². The lowest BCUT2D eigenvalue weighted by atomic mass is 10.5. The molecule has 0 spiro atoms. The Labute approximate surface area is 65.8 Å². The van der Waals surface area contributed by atoms with E-state index < -0.39 is 5.97 Å². The molecule has 0 aliphatic heterocycles. The Balaban J connectivity index is 0. The summed E-state index contributed by atoms with van der Waals surface area (Å²) in [4.78, 5) is 9.81. The second kappa shape index (κ2) is 8.68. The summed E-state index contributed by atoms with van der Waals surface area (Å²) in [5.41, 5.74) is 5.12. The van der Waals surface area contributed by atoms with Gasteiger partial charge in [-0.3, -0.25) is 0 Å². The molecule has 0 aromatic rings. The van der Waals surface area contributed by atoms with E-state index in [4.69, 9.17) is 10.8 Å². The maximum Gasteiger partial charge on any atom is 0.329 e. The van der Waals surface area contributed by atoms with Gasteiger partial charge in [-0.2, -0.15) is 0 Å². The van der Waals surface area contributed by atoms with Gasteiger partial charge >= 0.3 is 5.97 Å². The van der Waals surface area contributed by atoms with E-state index in [0.29, 0.717) is 19.6 Å². The molecule has 0 heterocycles. The van der Waals surface area contributed by atoms with Crippen LogP contribution in [0.15, 0.2) is 0 Å². The molecule has 0 fully saturated rings. The topological polar surface area (TPSA) is 72.5 Å². The number of carbonyl (C=O) groups is 1. The fraction of sp³-hybridized carbons (Fsp3) is 0.800. The molecule has 62 valence electrons. The Morgan fingerprint density at radius 1 is 1.60 bits per heavy atom. The van der Waals surface area contributed by atoms with E-state index in [0.717, 1.165) is 0 Å². The zero-order valence-electron chi connectivity index (χ0n) is 5.58. The van der Waals surface area contributed by atoms with Crippen LogP contribution in [0, 0.1) is 0 Å². The number of carboxylic acids is 1. The summed E-state index contributed by atoms with van der Waals surface area (Å²) in [5, 5.41) is 8.06. The molecule has 0 atom stereocenters. The fourth-order valence-corrected chi connectivity index (χ4v) is 0.345. The van der Waals surface area contributed by atoms with Gasteiger partial charge < -0.3 is 15.6 Å². The highest BCUT2D eigenvalue weighted by molar-refractivity contribution is 5.85. The minimum Gasteiger partial charge on any atom is -0.480 e. The molecule has 0 saturated carbocycles. The largest absolute Gasteiger partial charge is 0.480 e. The van der Waals surface area contributed by atoms with Gasteiger partial charge in [0.1, 0.15) is 6.61 Å². The van der Waals surface area contributed by atoms with Crippen molar-refractivity contribution in [1.82, 2.24) is 0 Å². The van der Waals surface area contributed by atoms with Crippen LogP contribution < -0.4 is 5.73 Å². The molecule has 0 aliphatic carbocycles. The zero-order chi connectivity index (χ0) is 7.11. The van der Waals surface area contributed by atoms with E-state index in [1.54, 1.807) is 0 Å². The van der Waals surface area contributed by atoms with Crippen LogP contribution in [0.3, 0.4) is 0 Å². The molecule has 3 N–H and O–H groups in total. The molecule has 0 aromatic carbocycles. The second-order valence-electron chi connectivity index (χ2n) is 1.59. The van der Waals surface area contributed by atoms with E-state index in [9.17, 15) is 4.79 Å². The van der Waals surface area contributed by atoms with Crippen molar-refractivity contribution in [2.45, 2.75) is 6.42 Å². The third-order valence-corrected chi connectivity index (χ3v) is 0.718. The maximum absolute atomic E-state index is 9.81. The molecule has 5 heteroatoms. The average Bonchev–Trinajstić information content (AvgIpc) is 1.80. The Kier molecular flexibility index (Phi) is 10.7. The maximum atomic E-state index is 9.81. The predicted molar refractivity (Wildman–Crippen MR) is 39.4 cm³/mol. The van der Waals surface area contributed by atoms with Gasteiger partial charge in [0.15, 0.2) is 0 Å². The first-order chi connectivity index (χ1) is 4.27. The Morgan fingerprint density at radius 3 is 2.60 bits per heavy atom. The van der Waals surface area contributed by atoms with Crippen molar-refractivity contribution in [1.29, 1.82) is 0 Å². The highest BCUT2D eigenvalue weighted by Crippen LogP contribution is 1.78. The van der Waals surface area contributed by atoms with E-state index in [2.05, 4.69) is 4.74 Å². The fourth-order valence-electron chi connectivity index (χ4n) is 0.345. The number of aliphatic carboxylic acids is 1. The van der Waals surface area contributed by atoms with Gasteiger partial charge in [0, 0.05) is 6.61 Å². The number of rotatable bonds is 5. The standard InChI is InChI=1S/C5H11NO3.ClH/c6-2-1-3-9-4-5(7)8;/h1-4,6H2,(H,7,8);1H. The van der Waals surface area contributed by atoms with Crippen molar-refractivity contribution >= 4 is 18.4 Å². The molecule has 0 bridgehead atoms. The highest BCUT2D eigenvalue weighted by Gasteiger charge is 1.93. The van der Waals surface area contributed by atoms with Crippen molar-refractivity contribution in [3.05, 3.63) is 0 Å². The summed E-state index contributed by atoms with van der Waals surface area (Å²) in [7, 11) is 0. The van der Waals surface area contributed by atoms with Gasteiger partial charge in [-0.15, -0.1) is 12.4 Å². The van der Waals surface area contributed by atoms with E-state index in [1.165, 1.54) is 0 Å². The Bertz CT molecular complexity index is 89.0. The molecule has 0 radical (unpaired) electrons. The highest BCUT2D eigenvalue weighted by atomic mass is 35.5. The molecule has 0 amide bonds. The SMILES string of the molecule is Cl.NCCCOCC(=O)O. The average molecular weight is 170 g/mol. The molecule has 0 rings (SSSR count). The minimum absolute atomic E-state index is 0. The summed E-state index contributed by atoms with van der Waals surface area (Å²) in [6.45, 7) is 0.752. The first-order valence-corrected chi connectivity index (χ1v) is 2.77. The number of carboxylic acid groups (broad SMARTS) is 1. The molecular formula is C5H12ClNO3. The summed E-state index contributed by atoms with van der Waals surface area (Å²) < 4.78 is 4.66. The third-order valence-electron chi connectivity index (χ3n) is 0.718. The van der Waals surface area contributed by atoms with Gasteiger partial charge in [0.05, 0.1) is 0 Å². The zero-order valence-corrected chi connectivity index (χ0v) is 6.39. The van der Waals surface area contributed by atoms with Gasteiger partial charge in [0.25, 0.3) is 0 Å². The van der Waals surface area contributed by atoms with Gasteiger partial charge in [-0.25, -0.2) is 4.79 Å². The van der Waals surface area contributed by atoms with Gasteiger partial charge in [0.2, 0.25) is 0 Å². The third kappa shape index (κ3) is 10.6. The lowest BCUT2D eigenvalue weighted by Gasteiger charge is -1.96. The van der Waals surface area contributed by atoms with Crippen LogP contribution in [0.1, 0.15) is 6.42 Å². The molecule has 0 unspecified atom stereocenters. The summed E-state index contributed by atoms with van der Waals surface area (Å²) >= 11 is 0. The Hall–Kier alpha value is -0.320. The first kappa shape index (κ1) is 12.4. The predicted octanol–water partition coefficient (Wildman–Crippen LogP) is -0.142. The van der Waals surface area contributed by atoms with Crippen LogP contribution in [-0.4, -0.2) is 30.8 Å². The lowest BCUT2D eigenvalue weighted by Crippen LogP contribution is -2.10. The van der Waals surface area contributed by atoms with Gasteiger partial charge in [-0.1, -0.05) is 0 Å². The van der Waals surface area contributed by atoms with Crippen LogP contribution in [0.5, 0.6) is 0 Å². The number of ether oxygens (including phenoxy) is 1. The van der Waals surface area contributed by atoms with E-state index >= 15 is 0 Å². The molecule has 10 heavy (non-hydrogen) atoms. The van der Waals surface area contributed by atoms with E-state index in [-0.39, 0.29) is 19.0 Å². The quantitative estimate of drug-likeness (QED) is 0.562. The molecule has 0 aromatic heterocycles. The molecule has 0 aliphatic rings. The van der Waals surface area contributed by atoms with Crippen LogP contribution in [0.25, 0.3) is 0 Å². The van der Waals surface area contributed by atoms with Gasteiger partial charge in [-0.05, 0) is 13.0 Å². The van der Waals surface area contributed by atoms with Crippen LogP contribution >= 0.6 is 12.4 Å². The van der Waals surface area contributed by atoms with Crippen molar-refractivity contribution in [2.24, 2.45) is 5.73 Å². The minimum atomic E-state index is -0.938. The molecule has 4 nitrogen and oxygen atoms in total. The van der Waals surface area contributed by atoms with Crippen molar-refractivity contribution in [3.63, 3.8) is 0 Å². The van der Waals surface area contributed by atoms with Crippen LogP contribution in [-0.2, 0) is 9.53 Å². The molecule has 0 saturated heterocycles.